The van der Waals surface area contributed by atoms with E-state index in [4.69, 9.17) is 9.47 Å². The fourth-order valence-electron chi connectivity index (χ4n) is 4.39. The van der Waals surface area contributed by atoms with Gasteiger partial charge in [-0.25, -0.2) is 0 Å². The van der Waals surface area contributed by atoms with E-state index in [1.165, 1.54) is 6.42 Å². The molecule has 2 atom stereocenters. The number of aryl methyl sites for hydroxylation is 1. The van der Waals surface area contributed by atoms with Gasteiger partial charge in [-0.3, -0.25) is 9.89 Å². The van der Waals surface area contributed by atoms with Crippen molar-refractivity contribution in [1.29, 1.82) is 0 Å². The average Bonchev–Trinajstić information content (AvgIpc) is 3.22. The van der Waals surface area contributed by atoms with Crippen LogP contribution in [-0.2, 0) is 22.3 Å². The summed E-state index contributed by atoms with van der Waals surface area (Å²) in [6.45, 7) is 2.12. The Kier molecular flexibility index (Phi) is 3.89. The first kappa shape index (κ1) is 15.1. The van der Waals surface area contributed by atoms with E-state index in [1.807, 2.05) is 4.90 Å². The number of hydrogen-bond donors (Lipinski definition) is 1. The second-order valence-electron chi connectivity index (χ2n) is 6.98. The zero-order chi connectivity index (χ0) is 15.9. The zero-order valence-electron chi connectivity index (χ0n) is 13.8. The van der Waals surface area contributed by atoms with Gasteiger partial charge >= 0.3 is 0 Å². The highest BCUT2D eigenvalue weighted by molar-refractivity contribution is 5.94. The number of rotatable bonds is 2. The zero-order valence-corrected chi connectivity index (χ0v) is 13.8. The number of nitrogens with zero attached hydrogens (tertiary/aromatic N) is 2. The van der Waals surface area contributed by atoms with Crippen molar-refractivity contribution in [2.45, 2.75) is 56.7 Å². The molecule has 2 aliphatic heterocycles. The van der Waals surface area contributed by atoms with Crippen LogP contribution in [0.3, 0.4) is 0 Å². The van der Waals surface area contributed by atoms with Crippen molar-refractivity contribution in [1.82, 2.24) is 15.1 Å². The molecular formula is C17H25N3O3. The molecular weight excluding hydrogens is 294 g/mol. The quantitative estimate of drug-likeness (QED) is 0.901. The molecule has 3 aliphatic rings. The molecule has 1 aliphatic carbocycles. The van der Waals surface area contributed by atoms with Crippen molar-refractivity contribution in [2.75, 3.05) is 26.8 Å². The minimum Gasteiger partial charge on any atom is -0.377 e. The molecule has 1 spiro atoms. The number of piperidine rings is 1. The number of likely N-dealkylation sites (tertiary alicyclic amines) is 1. The molecule has 1 amide bonds. The van der Waals surface area contributed by atoms with Crippen molar-refractivity contribution in [2.24, 2.45) is 0 Å². The summed E-state index contributed by atoms with van der Waals surface area (Å²) in [6.07, 6.45) is 7.21. The van der Waals surface area contributed by atoms with Crippen molar-refractivity contribution >= 4 is 5.91 Å². The van der Waals surface area contributed by atoms with Gasteiger partial charge in [-0.15, -0.1) is 0 Å². The summed E-state index contributed by atoms with van der Waals surface area (Å²) < 4.78 is 11.7. The summed E-state index contributed by atoms with van der Waals surface area (Å²) in [5.41, 5.74) is 2.72. The number of carbonyl (C=O) groups is 1. The summed E-state index contributed by atoms with van der Waals surface area (Å²) in [6, 6.07) is 0. The number of ether oxygens (including phenoxy) is 2. The average molecular weight is 319 g/mol. The largest absolute Gasteiger partial charge is 0.377 e. The molecule has 6 nitrogen and oxygen atoms in total. The van der Waals surface area contributed by atoms with E-state index in [1.54, 1.807) is 7.11 Å². The lowest BCUT2D eigenvalue weighted by molar-refractivity contribution is -0.136. The van der Waals surface area contributed by atoms with Gasteiger partial charge in [-0.05, 0) is 44.9 Å². The number of H-pyrrole nitrogens is 1. The lowest BCUT2D eigenvalue weighted by Gasteiger charge is -2.44. The highest BCUT2D eigenvalue weighted by Crippen LogP contribution is 2.37. The number of methoxy groups -OCH3 is 1. The molecule has 2 saturated heterocycles. The molecule has 4 rings (SSSR count). The monoisotopic (exact) mass is 319 g/mol. The number of fused-ring (bicyclic) bond motifs is 1. The lowest BCUT2D eigenvalue weighted by atomic mass is 9.85. The SMILES string of the molecule is CO[C@H]1CN(C(=O)c2n[nH]c3c2CCCC3)CC[C@@]12CCCO2. The Morgan fingerprint density at radius 1 is 1.35 bits per heavy atom. The molecule has 126 valence electrons. The van der Waals surface area contributed by atoms with E-state index in [0.717, 1.165) is 62.9 Å². The summed E-state index contributed by atoms with van der Waals surface area (Å²) in [5.74, 6) is 0.0410. The Balaban J connectivity index is 1.52. The molecule has 23 heavy (non-hydrogen) atoms. The van der Waals surface area contributed by atoms with Gasteiger partial charge in [0.25, 0.3) is 5.91 Å². The number of aromatic amines is 1. The molecule has 0 radical (unpaired) electrons. The van der Waals surface area contributed by atoms with Crippen molar-refractivity contribution in [3.8, 4) is 0 Å². The topological polar surface area (TPSA) is 67.5 Å². The maximum Gasteiger partial charge on any atom is 0.274 e. The van der Waals surface area contributed by atoms with Crippen molar-refractivity contribution in [3.05, 3.63) is 17.0 Å². The van der Waals surface area contributed by atoms with Crippen LogP contribution in [0.5, 0.6) is 0 Å². The maximum atomic E-state index is 12.9. The van der Waals surface area contributed by atoms with Crippen LogP contribution < -0.4 is 0 Å². The Bertz CT molecular complexity index is 592. The van der Waals surface area contributed by atoms with Gasteiger partial charge < -0.3 is 14.4 Å². The van der Waals surface area contributed by atoms with Gasteiger partial charge in [-0.2, -0.15) is 5.10 Å². The first-order valence-corrected chi connectivity index (χ1v) is 8.76. The Hall–Kier alpha value is -1.40. The van der Waals surface area contributed by atoms with E-state index >= 15 is 0 Å². The molecule has 3 heterocycles. The third-order valence-electron chi connectivity index (χ3n) is 5.74. The predicted octanol–water partition coefficient (Wildman–Crippen LogP) is 1.70. The normalized spacial score (nSPS) is 30.7. The van der Waals surface area contributed by atoms with Gasteiger partial charge in [-0.1, -0.05) is 0 Å². The van der Waals surface area contributed by atoms with E-state index in [9.17, 15) is 4.79 Å². The minimum absolute atomic E-state index is 0.0410. The van der Waals surface area contributed by atoms with Crippen LogP contribution in [0, 0.1) is 0 Å². The van der Waals surface area contributed by atoms with Crippen LogP contribution in [0.4, 0.5) is 0 Å². The van der Waals surface area contributed by atoms with E-state index < -0.39 is 0 Å². The lowest BCUT2D eigenvalue weighted by Crippen LogP contribution is -2.57. The first-order chi connectivity index (χ1) is 11.2. The van der Waals surface area contributed by atoms with E-state index in [-0.39, 0.29) is 17.6 Å². The van der Waals surface area contributed by atoms with Crippen LogP contribution in [-0.4, -0.2) is 59.5 Å². The fraction of sp³-hybridized carbons (Fsp3) is 0.765. The highest BCUT2D eigenvalue weighted by Gasteiger charge is 2.48. The molecule has 0 unspecified atom stereocenters. The third kappa shape index (κ3) is 2.48. The summed E-state index contributed by atoms with van der Waals surface area (Å²) in [7, 11) is 1.72. The van der Waals surface area contributed by atoms with Crippen LogP contribution in [0.15, 0.2) is 0 Å². The van der Waals surface area contributed by atoms with Gasteiger partial charge in [0.05, 0.1) is 12.1 Å². The van der Waals surface area contributed by atoms with Gasteiger partial charge in [0, 0.05) is 31.5 Å². The molecule has 1 aromatic rings. The Labute approximate surface area is 136 Å². The molecule has 6 heteroatoms. The molecule has 1 N–H and O–H groups in total. The summed E-state index contributed by atoms with van der Waals surface area (Å²) >= 11 is 0. The van der Waals surface area contributed by atoms with Crippen LogP contribution in [0.1, 0.15) is 53.8 Å². The summed E-state index contributed by atoms with van der Waals surface area (Å²) in [4.78, 5) is 14.8. The number of carbonyl (C=O) groups excluding carboxylic acids is 1. The number of nitrogens with one attached hydrogen (secondary N) is 1. The minimum atomic E-state index is -0.184. The molecule has 0 bridgehead atoms. The van der Waals surface area contributed by atoms with Crippen molar-refractivity contribution < 1.29 is 14.3 Å². The maximum absolute atomic E-state index is 12.9. The number of hydrogen-bond acceptors (Lipinski definition) is 4. The Morgan fingerprint density at radius 3 is 3.00 bits per heavy atom. The van der Waals surface area contributed by atoms with Crippen LogP contribution in [0.25, 0.3) is 0 Å². The standard InChI is InChI=1S/C17H25N3O3/c1-22-14-11-20(9-8-17(14)7-4-10-23-17)16(21)15-12-5-2-3-6-13(12)18-19-15/h14H,2-11H2,1H3,(H,18,19)/t14-,17-/m0/s1. The van der Waals surface area contributed by atoms with Crippen LogP contribution >= 0.6 is 0 Å². The van der Waals surface area contributed by atoms with Gasteiger partial charge in [0.1, 0.15) is 6.10 Å². The van der Waals surface area contributed by atoms with Gasteiger partial charge in [0.15, 0.2) is 5.69 Å². The predicted molar refractivity (Wildman–Crippen MR) is 84.5 cm³/mol. The second-order valence-corrected chi connectivity index (χ2v) is 6.98. The van der Waals surface area contributed by atoms with Crippen LogP contribution in [0.2, 0.25) is 0 Å². The van der Waals surface area contributed by atoms with E-state index in [0.29, 0.717) is 12.2 Å². The third-order valence-corrected chi connectivity index (χ3v) is 5.74. The first-order valence-electron chi connectivity index (χ1n) is 8.76. The smallest absolute Gasteiger partial charge is 0.274 e. The fourth-order valence-corrected chi connectivity index (χ4v) is 4.39. The molecule has 2 fully saturated rings. The number of amides is 1. The molecule has 0 saturated carbocycles. The Morgan fingerprint density at radius 2 is 2.22 bits per heavy atom. The molecule has 1 aromatic heterocycles. The number of aromatic nitrogens is 2. The van der Waals surface area contributed by atoms with E-state index in [2.05, 4.69) is 10.2 Å². The van der Waals surface area contributed by atoms with Crippen molar-refractivity contribution in [3.63, 3.8) is 0 Å². The summed E-state index contributed by atoms with van der Waals surface area (Å²) in [5, 5.41) is 7.39. The van der Waals surface area contributed by atoms with Gasteiger partial charge in [0.2, 0.25) is 0 Å². The molecule has 0 aromatic carbocycles. The highest BCUT2D eigenvalue weighted by atomic mass is 16.5. The second kappa shape index (κ2) is 5.91.